The highest BCUT2D eigenvalue weighted by Gasteiger charge is 2.45. The molecule has 9 aromatic carbocycles. The minimum absolute atomic E-state index is 0.0947. The van der Waals surface area contributed by atoms with E-state index in [4.69, 9.17) is 0 Å². The maximum atomic E-state index is 2.41. The molecule has 0 aliphatic heterocycles. The van der Waals surface area contributed by atoms with Crippen molar-refractivity contribution in [3.8, 4) is 44.5 Å². The summed E-state index contributed by atoms with van der Waals surface area (Å²) in [5, 5.41) is 0. The number of rotatable bonds is 7. The average molecular weight is 754 g/mol. The molecule has 59 heavy (non-hydrogen) atoms. The first-order chi connectivity index (χ1) is 29.0. The summed E-state index contributed by atoms with van der Waals surface area (Å²) in [6, 6.07) is 82.8. The van der Waals surface area contributed by atoms with Crippen molar-refractivity contribution in [3.05, 3.63) is 258 Å². The van der Waals surface area contributed by atoms with Gasteiger partial charge in [-0.3, -0.25) is 0 Å². The van der Waals surface area contributed by atoms with Gasteiger partial charge in [-0.1, -0.05) is 202 Å². The fourth-order valence-electron chi connectivity index (χ4n) is 10.1. The van der Waals surface area contributed by atoms with Crippen molar-refractivity contribution in [2.75, 3.05) is 4.90 Å². The standard InChI is InChI=1S/C58H43N/c1-57(2)53-22-12-9-19-49(53)52-38-37-48(39-56(52)57)59(46-33-27-42(28-34-46)40-15-5-3-6-16-40)47-35-29-43(30-36-47)41-25-31-45(32-26-41)58(44-17-7-4-8-18-44)54-23-13-10-20-50(54)51-21-11-14-24-55(51)58/h3-39H,1-2H3. The van der Waals surface area contributed by atoms with Gasteiger partial charge in [0.1, 0.15) is 0 Å². The van der Waals surface area contributed by atoms with E-state index in [1.165, 1.54) is 77.9 Å². The monoisotopic (exact) mass is 753 g/mol. The minimum Gasteiger partial charge on any atom is -0.310 e. The Kier molecular flexibility index (Phi) is 8.13. The molecule has 1 heteroatoms. The van der Waals surface area contributed by atoms with Crippen molar-refractivity contribution >= 4 is 17.1 Å². The average Bonchev–Trinajstić information content (AvgIpc) is 3.73. The number of benzene rings is 9. The summed E-state index contributed by atoms with van der Waals surface area (Å²) in [4.78, 5) is 2.40. The van der Waals surface area contributed by atoms with E-state index in [9.17, 15) is 0 Å². The second-order valence-corrected chi connectivity index (χ2v) is 16.5. The Morgan fingerprint density at radius 3 is 1.20 bits per heavy atom. The van der Waals surface area contributed by atoms with E-state index >= 15 is 0 Å². The smallest absolute Gasteiger partial charge is 0.0713 e. The van der Waals surface area contributed by atoms with Crippen LogP contribution in [0, 0.1) is 0 Å². The topological polar surface area (TPSA) is 3.24 Å². The fraction of sp³-hybridized carbons (Fsp3) is 0.0690. The molecule has 0 N–H and O–H groups in total. The lowest BCUT2D eigenvalue weighted by molar-refractivity contribution is 0.660. The Morgan fingerprint density at radius 2 is 0.661 bits per heavy atom. The lowest BCUT2D eigenvalue weighted by Gasteiger charge is -2.34. The summed E-state index contributed by atoms with van der Waals surface area (Å²) in [5.41, 5.74) is 20.9. The third-order valence-electron chi connectivity index (χ3n) is 13.0. The molecule has 0 spiro atoms. The van der Waals surface area contributed by atoms with Gasteiger partial charge in [0, 0.05) is 22.5 Å². The first kappa shape index (κ1) is 35.0. The summed E-state index contributed by atoms with van der Waals surface area (Å²) >= 11 is 0. The van der Waals surface area contributed by atoms with Crippen molar-refractivity contribution in [2.45, 2.75) is 24.7 Å². The zero-order chi connectivity index (χ0) is 39.6. The molecule has 0 saturated heterocycles. The Bertz CT molecular complexity index is 2930. The zero-order valence-corrected chi connectivity index (χ0v) is 33.3. The SMILES string of the molecule is CC1(C)c2ccccc2-c2ccc(N(c3ccc(-c4ccccc4)cc3)c3ccc(-c4ccc(C5(c6ccccc6)c6ccccc6-c6ccccc65)cc4)cc3)cc21. The fourth-order valence-corrected chi connectivity index (χ4v) is 10.1. The van der Waals surface area contributed by atoms with Crippen molar-refractivity contribution < 1.29 is 0 Å². The van der Waals surface area contributed by atoms with E-state index in [1.807, 2.05) is 0 Å². The molecule has 0 fully saturated rings. The van der Waals surface area contributed by atoms with Crippen LogP contribution in [0.2, 0.25) is 0 Å². The van der Waals surface area contributed by atoms with Gasteiger partial charge in [-0.2, -0.15) is 0 Å². The van der Waals surface area contributed by atoms with Crippen LogP contribution in [0.5, 0.6) is 0 Å². The van der Waals surface area contributed by atoms with Crippen LogP contribution in [-0.2, 0) is 10.8 Å². The van der Waals surface area contributed by atoms with E-state index in [-0.39, 0.29) is 5.41 Å². The predicted molar refractivity (Wildman–Crippen MR) is 247 cm³/mol. The van der Waals surface area contributed by atoms with Crippen molar-refractivity contribution in [2.24, 2.45) is 0 Å². The highest BCUT2D eigenvalue weighted by atomic mass is 15.1. The molecule has 0 heterocycles. The molecular weight excluding hydrogens is 711 g/mol. The molecule has 9 aromatic rings. The molecule has 2 aliphatic rings. The first-order valence-electron chi connectivity index (χ1n) is 20.7. The zero-order valence-electron chi connectivity index (χ0n) is 33.3. The molecule has 1 nitrogen and oxygen atoms in total. The van der Waals surface area contributed by atoms with Crippen LogP contribution in [0.4, 0.5) is 17.1 Å². The number of fused-ring (bicyclic) bond motifs is 6. The molecule has 2 aliphatic carbocycles. The van der Waals surface area contributed by atoms with E-state index < -0.39 is 5.41 Å². The van der Waals surface area contributed by atoms with Gasteiger partial charge in [-0.05, 0) is 114 Å². The van der Waals surface area contributed by atoms with Crippen LogP contribution in [-0.4, -0.2) is 0 Å². The number of anilines is 3. The van der Waals surface area contributed by atoms with Crippen molar-refractivity contribution in [1.29, 1.82) is 0 Å². The molecule has 0 amide bonds. The Hall–Kier alpha value is -7.22. The minimum atomic E-state index is -0.404. The van der Waals surface area contributed by atoms with Crippen LogP contribution in [0.3, 0.4) is 0 Å². The molecule has 0 bridgehead atoms. The molecule has 0 radical (unpaired) electrons. The van der Waals surface area contributed by atoms with E-state index in [2.05, 4.69) is 243 Å². The van der Waals surface area contributed by atoms with Gasteiger partial charge in [-0.25, -0.2) is 0 Å². The third kappa shape index (κ3) is 5.46. The number of nitrogens with zero attached hydrogens (tertiary/aromatic N) is 1. The van der Waals surface area contributed by atoms with E-state index in [0.717, 1.165) is 17.1 Å². The van der Waals surface area contributed by atoms with Gasteiger partial charge >= 0.3 is 0 Å². The Labute approximate surface area is 347 Å². The van der Waals surface area contributed by atoms with Gasteiger partial charge in [0.15, 0.2) is 0 Å². The largest absolute Gasteiger partial charge is 0.310 e. The highest BCUT2D eigenvalue weighted by Crippen LogP contribution is 2.56. The summed E-state index contributed by atoms with van der Waals surface area (Å²) in [6.07, 6.45) is 0. The lowest BCUT2D eigenvalue weighted by Crippen LogP contribution is -2.28. The van der Waals surface area contributed by atoms with Gasteiger partial charge < -0.3 is 4.90 Å². The van der Waals surface area contributed by atoms with Gasteiger partial charge in [-0.15, -0.1) is 0 Å². The molecule has 0 aromatic heterocycles. The number of hydrogen-bond acceptors (Lipinski definition) is 1. The molecular formula is C58H43N. The third-order valence-corrected chi connectivity index (χ3v) is 13.0. The summed E-state index contributed by atoms with van der Waals surface area (Å²) in [6.45, 7) is 4.71. The summed E-state index contributed by atoms with van der Waals surface area (Å²) < 4.78 is 0. The quantitative estimate of drug-likeness (QED) is 0.157. The Balaban J connectivity index is 0.984. The van der Waals surface area contributed by atoms with Gasteiger partial charge in [0.05, 0.1) is 5.41 Å². The highest BCUT2D eigenvalue weighted by molar-refractivity contribution is 5.88. The summed E-state index contributed by atoms with van der Waals surface area (Å²) in [7, 11) is 0. The predicted octanol–water partition coefficient (Wildman–Crippen LogP) is 15.2. The summed E-state index contributed by atoms with van der Waals surface area (Å²) in [5.74, 6) is 0. The molecule has 11 rings (SSSR count). The van der Waals surface area contributed by atoms with E-state index in [0.29, 0.717) is 0 Å². The normalized spacial score (nSPS) is 13.9. The van der Waals surface area contributed by atoms with Crippen LogP contribution < -0.4 is 4.90 Å². The molecule has 0 unspecified atom stereocenters. The van der Waals surface area contributed by atoms with Crippen LogP contribution in [0.1, 0.15) is 47.2 Å². The van der Waals surface area contributed by atoms with Crippen molar-refractivity contribution in [1.82, 2.24) is 0 Å². The Morgan fingerprint density at radius 1 is 0.288 bits per heavy atom. The van der Waals surface area contributed by atoms with Crippen LogP contribution in [0.25, 0.3) is 44.5 Å². The van der Waals surface area contributed by atoms with Crippen LogP contribution >= 0.6 is 0 Å². The maximum Gasteiger partial charge on any atom is 0.0713 e. The van der Waals surface area contributed by atoms with Gasteiger partial charge in [0.25, 0.3) is 0 Å². The molecule has 0 atom stereocenters. The number of hydrogen-bond donors (Lipinski definition) is 0. The maximum absolute atomic E-state index is 2.41. The second kappa shape index (κ2) is 13.7. The van der Waals surface area contributed by atoms with E-state index in [1.54, 1.807) is 0 Å². The van der Waals surface area contributed by atoms with Crippen LogP contribution in [0.15, 0.2) is 224 Å². The molecule has 280 valence electrons. The van der Waals surface area contributed by atoms with Crippen molar-refractivity contribution in [3.63, 3.8) is 0 Å². The van der Waals surface area contributed by atoms with Gasteiger partial charge in [0.2, 0.25) is 0 Å². The second-order valence-electron chi connectivity index (χ2n) is 16.5. The first-order valence-corrected chi connectivity index (χ1v) is 20.7. The lowest BCUT2D eigenvalue weighted by atomic mass is 9.67. The molecule has 0 saturated carbocycles.